The van der Waals surface area contributed by atoms with Crippen LogP contribution in [0.1, 0.15) is 0 Å². The molecule has 0 amide bonds. The molecule has 168 valence electrons. The monoisotopic (exact) mass is 512 g/mol. The number of ether oxygens (including phenoxy) is 1. The van der Waals surface area contributed by atoms with E-state index in [0.29, 0.717) is 5.75 Å². The smallest absolute Gasteiger partial charge is 0.262 e. The number of anilines is 2. The molecule has 2 heterocycles. The summed E-state index contributed by atoms with van der Waals surface area (Å²) < 4.78 is 33.3. The third kappa shape index (κ3) is 5.05. The second-order valence-electron chi connectivity index (χ2n) is 6.96. The fourth-order valence-electron chi connectivity index (χ4n) is 3.20. The molecule has 0 unspecified atom stereocenters. The van der Waals surface area contributed by atoms with Crippen LogP contribution in [0.5, 0.6) is 11.6 Å². The van der Waals surface area contributed by atoms with E-state index in [4.69, 9.17) is 39.5 Å². The maximum atomic E-state index is 12.6. The molecular formula is C21H19Cl3N4O3S. The van der Waals surface area contributed by atoms with Gasteiger partial charge in [-0.2, -0.15) is 4.98 Å². The van der Waals surface area contributed by atoms with Crippen molar-refractivity contribution in [2.75, 3.05) is 35.8 Å². The van der Waals surface area contributed by atoms with Crippen LogP contribution in [0.4, 0.5) is 11.4 Å². The molecule has 2 N–H and O–H groups in total. The highest BCUT2D eigenvalue weighted by Gasteiger charge is 2.23. The Labute approximate surface area is 201 Å². The third-order valence-electron chi connectivity index (χ3n) is 4.83. The number of nitrogens with zero attached hydrogens (tertiary/aromatic N) is 2. The Bertz CT molecular complexity index is 1200. The number of pyridine rings is 1. The van der Waals surface area contributed by atoms with Crippen molar-refractivity contribution in [1.82, 2.24) is 10.3 Å². The average Bonchev–Trinajstić information content (AvgIpc) is 2.82. The zero-order valence-corrected chi connectivity index (χ0v) is 19.8. The van der Waals surface area contributed by atoms with E-state index in [1.165, 1.54) is 12.1 Å². The first kappa shape index (κ1) is 22.9. The topological polar surface area (TPSA) is 83.6 Å². The van der Waals surface area contributed by atoms with Crippen LogP contribution < -0.4 is 19.7 Å². The Morgan fingerprint density at radius 2 is 1.59 bits per heavy atom. The number of rotatable bonds is 6. The molecule has 0 saturated carbocycles. The van der Waals surface area contributed by atoms with Crippen molar-refractivity contribution in [3.8, 4) is 11.6 Å². The molecule has 1 fully saturated rings. The second kappa shape index (κ2) is 9.72. The lowest BCUT2D eigenvalue weighted by atomic mass is 10.2. The summed E-state index contributed by atoms with van der Waals surface area (Å²) in [4.78, 5) is 6.42. The fourth-order valence-corrected chi connectivity index (χ4v) is 5.07. The van der Waals surface area contributed by atoms with Gasteiger partial charge < -0.3 is 15.0 Å². The number of piperazine rings is 1. The Hall–Kier alpha value is -2.23. The standard InChI is InChI=1S/C21H19Cl3N4O3S/c22-17-18(23)21(31-15-8-6-14(7-9-15)28-12-10-25-11-13-28)26-20(24)19(17)27-32(29,30)16-4-2-1-3-5-16/h1-9,25,27H,10-13H2. The molecule has 1 saturated heterocycles. The lowest BCUT2D eigenvalue weighted by molar-refractivity contribution is 0.463. The van der Waals surface area contributed by atoms with Gasteiger partial charge in [-0.25, -0.2) is 8.42 Å². The summed E-state index contributed by atoms with van der Waals surface area (Å²) in [7, 11) is -3.93. The van der Waals surface area contributed by atoms with Crippen molar-refractivity contribution in [2.24, 2.45) is 0 Å². The van der Waals surface area contributed by atoms with Crippen LogP contribution in [0, 0.1) is 0 Å². The van der Waals surface area contributed by atoms with Crippen LogP contribution in [-0.4, -0.2) is 39.6 Å². The van der Waals surface area contributed by atoms with E-state index in [9.17, 15) is 8.42 Å². The first-order chi connectivity index (χ1) is 15.3. The van der Waals surface area contributed by atoms with Crippen LogP contribution in [0.2, 0.25) is 15.2 Å². The van der Waals surface area contributed by atoms with E-state index in [-0.39, 0.29) is 31.7 Å². The lowest BCUT2D eigenvalue weighted by Gasteiger charge is -2.29. The van der Waals surface area contributed by atoms with Crippen LogP contribution in [-0.2, 0) is 10.0 Å². The van der Waals surface area contributed by atoms with Gasteiger partial charge in [-0.1, -0.05) is 53.0 Å². The fraction of sp³-hybridized carbons (Fsp3) is 0.190. The van der Waals surface area contributed by atoms with Gasteiger partial charge in [0.2, 0.25) is 5.88 Å². The molecule has 1 aromatic heterocycles. The van der Waals surface area contributed by atoms with E-state index in [1.54, 1.807) is 30.3 Å². The summed E-state index contributed by atoms with van der Waals surface area (Å²) in [6.07, 6.45) is 0. The van der Waals surface area contributed by atoms with Gasteiger partial charge in [-0.3, -0.25) is 4.72 Å². The molecule has 0 atom stereocenters. The number of sulfonamides is 1. The van der Waals surface area contributed by atoms with Gasteiger partial charge in [0.1, 0.15) is 16.5 Å². The minimum atomic E-state index is -3.93. The van der Waals surface area contributed by atoms with Gasteiger partial charge in [-0.15, -0.1) is 0 Å². The molecule has 2 aromatic carbocycles. The number of benzene rings is 2. The predicted octanol–water partition coefficient (Wildman–Crippen LogP) is 5.04. The van der Waals surface area contributed by atoms with Crippen LogP contribution >= 0.6 is 34.8 Å². The number of hydrogen-bond donors (Lipinski definition) is 2. The molecule has 0 bridgehead atoms. The van der Waals surface area contributed by atoms with Crippen LogP contribution in [0.25, 0.3) is 0 Å². The molecule has 32 heavy (non-hydrogen) atoms. The zero-order valence-electron chi connectivity index (χ0n) is 16.7. The first-order valence-corrected chi connectivity index (χ1v) is 12.3. The third-order valence-corrected chi connectivity index (χ3v) is 7.29. The van der Waals surface area contributed by atoms with Gasteiger partial charge in [0.25, 0.3) is 10.0 Å². The Morgan fingerprint density at radius 1 is 0.938 bits per heavy atom. The van der Waals surface area contributed by atoms with Crippen molar-refractivity contribution in [1.29, 1.82) is 0 Å². The summed E-state index contributed by atoms with van der Waals surface area (Å²) >= 11 is 18.9. The maximum Gasteiger partial charge on any atom is 0.262 e. The van der Waals surface area contributed by atoms with Gasteiger partial charge in [0.05, 0.1) is 9.92 Å². The SMILES string of the molecule is O=S(=O)(Nc1c(Cl)nc(Oc2ccc(N3CCNCC3)cc2)c(Cl)c1Cl)c1ccccc1. The molecule has 0 aliphatic carbocycles. The molecule has 0 radical (unpaired) electrons. The molecule has 11 heteroatoms. The highest BCUT2D eigenvalue weighted by Crippen LogP contribution is 2.42. The average molecular weight is 514 g/mol. The van der Waals surface area contributed by atoms with E-state index in [1.807, 2.05) is 12.1 Å². The molecule has 7 nitrogen and oxygen atoms in total. The van der Waals surface area contributed by atoms with Crippen molar-refractivity contribution < 1.29 is 13.2 Å². The van der Waals surface area contributed by atoms with E-state index in [0.717, 1.165) is 31.9 Å². The molecule has 0 spiro atoms. The van der Waals surface area contributed by atoms with Crippen molar-refractivity contribution >= 4 is 56.2 Å². The second-order valence-corrected chi connectivity index (χ2v) is 9.76. The number of hydrogen-bond acceptors (Lipinski definition) is 6. The number of halogens is 3. The number of nitrogens with one attached hydrogen (secondary N) is 2. The van der Waals surface area contributed by atoms with Crippen LogP contribution in [0.15, 0.2) is 59.5 Å². The Morgan fingerprint density at radius 3 is 2.25 bits per heavy atom. The quantitative estimate of drug-likeness (QED) is 0.449. The van der Waals surface area contributed by atoms with Gasteiger partial charge in [0, 0.05) is 31.9 Å². The Kier molecular flexibility index (Phi) is 6.97. The van der Waals surface area contributed by atoms with E-state index < -0.39 is 10.0 Å². The normalized spacial score (nSPS) is 14.3. The minimum absolute atomic E-state index is 0.0285. The van der Waals surface area contributed by atoms with Gasteiger partial charge in [-0.05, 0) is 36.4 Å². The van der Waals surface area contributed by atoms with E-state index >= 15 is 0 Å². The first-order valence-electron chi connectivity index (χ1n) is 9.71. The summed E-state index contributed by atoms with van der Waals surface area (Å²) in [5.74, 6) is 0.460. The van der Waals surface area contributed by atoms with Gasteiger partial charge >= 0.3 is 0 Å². The molecular weight excluding hydrogens is 495 g/mol. The lowest BCUT2D eigenvalue weighted by Crippen LogP contribution is -2.43. The highest BCUT2D eigenvalue weighted by atomic mass is 35.5. The Balaban J connectivity index is 1.55. The summed E-state index contributed by atoms with van der Waals surface area (Å²) in [5, 5.41) is 2.95. The van der Waals surface area contributed by atoms with Crippen molar-refractivity contribution in [3.63, 3.8) is 0 Å². The van der Waals surface area contributed by atoms with Crippen LogP contribution in [0.3, 0.4) is 0 Å². The van der Waals surface area contributed by atoms with Gasteiger partial charge in [0.15, 0.2) is 5.15 Å². The zero-order chi connectivity index (χ0) is 22.7. The predicted molar refractivity (Wildman–Crippen MR) is 128 cm³/mol. The van der Waals surface area contributed by atoms with Crippen molar-refractivity contribution in [3.05, 3.63) is 69.8 Å². The molecule has 1 aliphatic heterocycles. The largest absolute Gasteiger partial charge is 0.437 e. The maximum absolute atomic E-state index is 12.6. The summed E-state index contributed by atoms with van der Waals surface area (Å²) in [6.45, 7) is 3.74. The molecule has 3 aromatic rings. The minimum Gasteiger partial charge on any atom is -0.437 e. The summed E-state index contributed by atoms with van der Waals surface area (Å²) in [5.41, 5.74) is 0.961. The molecule has 4 rings (SSSR count). The van der Waals surface area contributed by atoms with Crippen molar-refractivity contribution in [2.45, 2.75) is 4.90 Å². The summed E-state index contributed by atoms with van der Waals surface area (Å²) in [6, 6.07) is 15.3. The number of aromatic nitrogens is 1. The highest BCUT2D eigenvalue weighted by molar-refractivity contribution is 7.92. The van der Waals surface area contributed by atoms with E-state index in [2.05, 4.69) is 19.9 Å². The molecule has 1 aliphatic rings.